The smallest absolute Gasteiger partial charge is 0.181 e. The van der Waals surface area contributed by atoms with Crippen LogP contribution < -0.4 is 0 Å². The Hall–Kier alpha value is -0.200. The van der Waals surface area contributed by atoms with Crippen molar-refractivity contribution in [3.8, 4) is 0 Å². The number of rotatable bonds is 6. The van der Waals surface area contributed by atoms with Crippen LogP contribution in [0.15, 0.2) is 0 Å². The maximum atomic E-state index is 9.37. The largest absolute Gasteiger partial charge is 0.394 e. The first kappa shape index (κ1) is 12.8. The second-order valence-corrected chi connectivity index (χ2v) is 3.08. The van der Waals surface area contributed by atoms with Gasteiger partial charge in [-0.25, -0.2) is 0 Å². The van der Waals surface area contributed by atoms with Gasteiger partial charge in [0.25, 0.3) is 0 Å². The molecule has 4 N–H and O–H groups in total. The topological polar surface area (TPSA) is 90.2 Å². The quantitative estimate of drug-likeness (QED) is 0.394. The number of aliphatic hydroxyl groups excluding tert-OH is 4. The summed E-state index contributed by atoms with van der Waals surface area (Å²) in [5.74, 6) is -0.478. The molecule has 0 amide bonds. The van der Waals surface area contributed by atoms with Crippen LogP contribution >= 0.6 is 0 Å². The van der Waals surface area contributed by atoms with Crippen molar-refractivity contribution in [1.29, 1.82) is 0 Å². The van der Waals surface area contributed by atoms with Crippen LogP contribution in [0.5, 0.6) is 0 Å². The van der Waals surface area contributed by atoms with E-state index in [1.54, 1.807) is 6.92 Å². The molecule has 5 nitrogen and oxygen atoms in total. The molecule has 0 aliphatic rings. The van der Waals surface area contributed by atoms with Crippen LogP contribution in [0.25, 0.3) is 0 Å². The van der Waals surface area contributed by atoms with Crippen molar-refractivity contribution >= 4 is 0 Å². The highest BCUT2D eigenvalue weighted by molar-refractivity contribution is 4.71. The summed E-state index contributed by atoms with van der Waals surface area (Å²) in [4.78, 5) is 0. The summed E-state index contributed by atoms with van der Waals surface area (Å²) < 4.78 is 4.67. The normalized spacial score (nSPS) is 20.8. The first-order chi connectivity index (χ1) is 6.00. The van der Waals surface area contributed by atoms with Crippen molar-refractivity contribution in [3.63, 3.8) is 0 Å². The Balaban J connectivity index is 3.86. The summed E-state index contributed by atoms with van der Waals surface area (Å²) in [6.45, 7) is 2.87. The summed E-state index contributed by atoms with van der Waals surface area (Å²) in [6, 6.07) is 0. The van der Waals surface area contributed by atoms with E-state index < -0.39 is 24.4 Å². The molecule has 0 fully saturated rings. The third-order valence-corrected chi connectivity index (χ3v) is 1.97. The second kappa shape index (κ2) is 6.28. The predicted octanol–water partition coefficient (Wildman–Crippen LogP) is -1.31. The van der Waals surface area contributed by atoms with Crippen LogP contribution in [0.2, 0.25) is 0 Å². The highest BCUT2D eigenvalue weighted by Gasteiger charge is 2.26. The SMILES string of the molecule is CC(O)C(C)C(O)C(O)OCCO. The molecule has 0 saturated heterocycles. The van der Waals surface area contributed by atoms with Gasteiger partial charge in [0, 0.05) is 5.92 Å². The lowest BCUT2D eigenvalue weighted by molar-refractivity contribution is -0.186. The molecular formula is C8H18O5. The van der Waals surface area contributed by atoms with E-state index in [1.807, 2.05) is 0 Å². The first-order valence-electron chi connectivity index (χ1n) is 4.27. The summed E-state index contributed by atoms with van der Waals surface area (Å²) >= 11 is 0. The molecule has 5 heteroatoms. The monoisotopic (exact) mass is 194 g/mol. The summed E-state index contributed by atoms with van der Waals surface area (Å²) in [5.41, 5.74) is 0. The third-order valence-electron chi connectivity index (χ3n) is 1.97. The molecule has 0 aromatic carbocycles. The molecule has 0 rings (SSSR count). The zero-order chi connectivity index (χ0) is 10.4. The molecule has 0 aliphatic heterocycles. The van der Waals surface area contributed by atoms with Crippen LogP contribution in [-0.2, 0) is 4.74 Å². The average Bonchev–Trinajstić information content (AvgIpc) is 2.11. The number of hydrogen-bond acceptors (Lipinski definition) is 5. The van der Waals surface area contributed by atoms with Gasteiger partial charge < -0.3 is 25.2 Å². The van der Waals surface area contributed by atoms with Gasteiger partial charge in [-0.3, -0.25) is 0 Å². The van der Waals surface area contributed by atoms with Crippen molar-refractivity contribution in [2.45, 2.75) is 32.3 Å². The minimum Gasteiger partial charge on any atom is -0.394 e. The summed E-state index contributed by atoms with van der Waals surface area (Å²) in [5, 5.41) is 36.0. The van der Waals surface area contributed by atoms with Crippen LogP contribution in [0.4, 0.5) is 0 Å². The molecule has 0 aromatic rings. The fourth-order valence-corrected chi connectivity index (χ4v) is 0.817. The highest BCUT2D eigenvalue weighted by Crippen LogP contribution is 2.12. The van der Waals surface area contributed by atoms with Gasteiger partial charge in [-0.2, -0.15) is 0 Å². The van der Waals surface area contributed by atoms with E-state index >= 15 is 0 Å². The van der Waals surface area contributed by atoms with Gasteiger partial charge in [-0.05, 0) is 6.92 Å². The molecule has 13 heavy (non-hydrogen) atoms. The molecule has 80 valence electrons. The Morgan fingerprint density at radius 2 is 1.69 bits per heavy atom. The van der Waals surface area contributed by atoms with Crippen molar-refractivity contribution < 1.29 is 25.2 Å². The predicted molar refractivity (Wildman–Crippen MR) is 45.9 cm³/mol. The zero-order valence-electron chi connectivity index (χ0n) is 7.92. The molecule has 0 aliphatic carbocycles. The maximum Gasteiger partial charge on any atom is 0.181 e. The van der Waals surface area contributed by atoms with Gasteiger partial charge in [0.05, 0.1) is 19.3 Å². The summed E-state index contributed by atoms with van der Waals surface area (Å²) in [7, 11) is 0. The lowest BCUT2D eigenvalue weighted by atomic mass is 9.99. The Labute approximate surface area is 77.6 Å². The van der Waals surface area contributed by atoms with Crippen molar-refractivity contribution in [1.82, 2.24) is 0 Å². The van der Waals surface area contributed by atoms with Gasteiger partial charge in [0.1, 0.15) is 6.10 Å². The van der Waals surface area contributed by atoms with E-state index in [4.69, 9.17) is 10.2 Å². The van der Waals surface area contributed by atoms with Crippen molar-refractivity contribution in [2.24, 2.45) is 5.92 Å². The molecule has 0 aromatic heterocycles. The Bertz CT molecular complexity index is 128. The Morgan fingerprint density at radius 1 is 1.15 bits per heavy atom. The zero-order valence-corrected chi connectivity index (χ0v) is 7.92. The summed E-state index contributed by atoms with van der Waals surface area (Å²) in [6.07, 6.45) is -3.23. The molecule has 0 radical (unpaired) electrons. The van der Waals surface area contributed by atoms with E-state index in [0.717, 1.165) is 0 Å². The second-order valence-electron chi connectivity index (χ2n) is 3.08. The molecule has 0 spiro atoms. The third kappa shape index (κ3) is 4.54. The van der Waals surface area contributed by atoms with Gasteiger partial charge in [-0.1, -0.05) is 6.92 Å². The van der Waals surface area contributed by atoms with Crippen LogP contribution in [0.3, 0.4) is 0 Å². The molecule has 0 saturated carbocycles. The molecule has 0 heterocycles. The molecule has 0 bridgehead atoms. The molecule has 4 unspecified atom stereocenters. The Morgan fingerprint density at radius 3 is 2.08 bits per heavy atom. The minimum atomic E-state index is -1.36. The maximum absolute atomic E-state index is 9.37. The molecular weight excluding hydrogens is 176 g/mol. The van der Waals surface area contributed by atoms with Crippen LogP contribution in [0, 0.1) is 5.92 Å². The number of hydrogen-bond donors (Lipinski definition) is 4. The first-order valence-corrected chi connectivity index (χ1v) is 4.27. The van der Waals surface area contributed by atoms with Gasteiger partial charge in [-0.15, -0.1) is 0 Å². The lowest BCUT2D eigenvalue weighted by Crippen LogP contribution is -2.39. The van der Waals surface area contributed by atoms with E-state index in [9.17, 15) is 10.2 Å². The van der Waals surface area contributed by atoms with E-state index in [0.29, 0.717) is 0 Å². The highest BCUT2D eigenvalue weighted by atomic mass is 16.6. The van der Waals surface area contributed by atoms with Gasteiger partial charge in [0.2, 0.25) is 0 Å². The van der Waals surface area contributed by atoms with Crippen molar-refractivity contribution in [3.05, 3.63) is 0 Å². The average molecular weight is 194 g/mol. The minimum absolute atomic E-state index is 0.0369. The van der Waals surface area contributed by atoms with E-state index in [-0.39, 0.29) is 13.2 Å². The van der Waals surface area contributed by atoms with Crippen LogP contribution in [-0.4, -0.2) is 52.1 Å². The standard InChI is InChI=1S/C8H18O5/c1-5(6(2)10)7(11)8(12)13-4-3-9/h5-12H,3-4H2,1-2H3. The Kier molecular flexibility index (Phi) is 6.19. The van der Waals surface area contributed by atoms with E-state index in [2.05, 4.69) is 4.74 Å². The van der Waals surface area contributed by atoms with E-state index in [1.165, 1.54) is 6.92 Å². The van der Waals surface area contributed by atoms with Gasteiger partial charge in [0.15, 0.2) is 6.29 Å². The lowest BCUT2D eigenvalue weighted by Gasteiger charge is -2.25. The fraction of sp³-hybridized carbons (Fsp3) is 1.00. The molecule has 4 atom stereocenters. The number of ether oxygens (including phenoxy) is 1. The van der Waals surface area contributed by atoms with Crippen molar-refractivity contribution in [2.75, 3.05) is 13.2 Å². The number of aliphatic hydroxyl groups is 4. The van der Waals surface area contributed by atoms with Crippen LogP contribution in [0.1, 0.15) is 13.8 Å². The fourth-order valence-electron chi connectivity index (χ4n) is 0.817. The van der Waals surface area contributed by atoms with Gasteiger partial charge >= 0.3 is 0 Å².